The molecule has 2 saturated heterocycles. The molecule has 0 radical (unpaired) electrons. The number of fused-ring (bicyclic) bond motifs is 6. The molecule has 5 heterocycles. The topological polar surface area (TPSA) is 151 Å². The lowest BCUT2D eigenvalue weighted by atomic mass is 9.84. The molecule has 0 saturated carbocycles. The Hall–Kier alpha value is -6.00. The Morgan fingerprint density at radius 1 is 1.04 bits per heavy atom. The van der Waals surface area contributed by atoms with Crippen molar-refractivity contribution < 1.29 is 46.6 Å². The predicted octanol–water partition coefficient (Wildman–Crippen LogP) is 7.53. The molecule has 6 bridgehead atoms. The molecule has 2 aromatic carbocycles. The number of alkyl halides is 3. The zero-order valence-corrected chi connectivity index (χ0v) is 42.4. The van der Waals surface area contributed by atoms with Crippen LogP contribution >= 0.6 is 0 Å². The van der Waals surface area contributed by atoms with Gasteiger partial charge in [-0.25, -0.2) is 15.2 Å². The Morgan fingerprint density at radius 3 is 2.46 bits per heavy atom. The molecular weight excluding hydrogens is 918 g/mol. The average Bonchev–Trinajstić information content (AvgIpc) is 3.58. The zero-order chi connectivity index (χ0) is 51.6. The van der Waals surface area contributed by atoms with Crippen LogP contribution in [-0.2, 0) is 48.1 Å². The van der Waals surface area contributed by atoms with Crippen LogP contribution in [-0.4, -0.2) is 131 Å². The number of nitrogens with zero attached hydrogens (tertiary/aromatic N) is 6. The number of urea groups is 1. The van der Waals surface area contributed by atoms with Crippen LogP contribution in [0.25, 0.3) is 33.3 Å². The monoisotopic (exact) mass is 985 g/mol. The molecule has 71 heavy (non-hydrogen) atoms. The van der Waals surface area contributed by atoms with Crippen molar-refractivity contribution in [1.82, 2.24) is 40.2 Å². The van der Waals surface area contributed by atoms with Gasteiger partial charge in [-0.3, -0.25) is 34.7 Å². The summed E-state index contributed by atoms with van der Waals surface area (Å²) in [6, 6.07) is 14.7. The van der Waals surface area contributed by atoms with Crippen LogP contribution in [0.2, 0.25) is 0 Å². The van der Waals surface area contributed by atoms with Gasteiger partial charge in [-0.15, -0.1) is 0 Å². The average molecular weight is 985 g/mol. The number of carbonyl (C=O) groups excluding carboxylic acids is 4. The third-order valence-electron chi connectivity index (χ3n) is 13.8. The molecular formula is C53H67F3N8O7. The fraction of sp³-hybridized carbons (Fsp3) is 0.528. The van der Waals surface area contributed by atoms with Crippen molar-refractivity contribution in [2.75, 3.05) is 54.1 Å². The van der Waals surface area contributed by atoms with Crippen molar-refractivity contribution in [1.29, 1.82) is 0 Å². The largest absolute Gasteiger partial charge is 0.464 e. The Labute approximate surface area is 414 Å². The summed E-state index contributed by atoms with van der Waals surface area (Å²) in [4.78, 5) is 63.7. The first-order valence-electron chi connectivity index (χ1n) is 24.2. The number of amides is 4. The number of esters is 1. The lowest BCUT2D eigenvalue weighted by Crippen LogP contribution is -2.62. The summed E-state index contributed by atoms with van der Waals surface area (Å²) < 4.78 is 63.2. The molecule has 3 aliphatic rings. The van der Waals surface area contributed by atoms with Gasteiger partial charge in [0, 0.05) is 54.8 Å². The Balaban J connectivity index is 1.23. The second-order valence-electron chi connectivity index (χ2n) is 20.8. The van der Waals surface area contributed by atoms with Gasteiger partial charge in [0.1, 0.15) is 12.6 Å². The first kappa shape index (κ1) is 52.8. The smallest absolute Gasteiger partial charge is 0.406 e. The number of nitrogens with one attached hydrogen (secondary N) is 2. The number of halogens is 3. The number of carbonyl (C=O) groups is 4. The van der Waals surface area contributed by atoms with Gasteiger partial charge in [0.05, 0.1) is 54.8 Å². The maximum Gasteiger partial charge on any atom is 0.406 e. The van der Waals surface area contributed by atoms with Crippen molar-refractivity contribution in [3.63, 3.8) is 0 Å². The van der Waals surface area contributed by atoms with Gasteiger partial charge in [0.25, 0.3) is 5.91 Å². The molecule has 15 nitrogen and oxygen atoms in total. The van der Waals surface area contributed by atoms with E-state index < -0.39 is 59.6 Å². The number of ether oxygens (including phenoxy) is 3. The molecule has 2 fully saturated rings. The normalized spacial score (nSPS) is 18.9. The number of methoxy groups -OCH3 is 1. The highest BCUT2D eigenvalue weighted by molar-refractivity contribution is 5.96. The summed E-state index contributed by atoms with van der Waals surface area (Å²) in [5, 5.41) is 3.13. The van der Waals surface area contributed by atoms with Crippen molar-refractivity contribution in [3.8, 4) is 34.2 Å². The lowest BCUT2D eigenvalue weighted by molar-refractivity contribution is -0.152. The number of hydrazine groups is 2. The van der Waals surface area contributed by atoms with E-state index in [1.807, 2.05) is 90.9 Å². The van der Waals surface area contributed by atoms with Gasteiger partial charge >= 0.3 is 18.2 Å². The highest BCUT2D eigenvalue weighted by atomic mass is 19.4. The number of hydrogen-bond acceptors (Lipinski definition) is 10. The quantitative estimate of drug-likeness (QED) is 0.114. The summed E-state index contributed by atoms with van der Waals surface area (Å²) in [6.07, 6.45) is -2.79. The Kier molecular flexibility index (Phi) is 15.9. The minimum absolute atomic E-state index is 0.0314. The van der Waals surface area contributed by atoms with Crippen LogP contribution in [0.4, 0.5) is 18.0 Å². The molecule has 4 amide bonds. The van der Waals surface area contributed by atoms with Crippen LogP contribution in [0.1, 0.15) is 84.2 Å². The van der Waals surface area contributed by atoms with Gasteiger partial charge in [-0.2, -0.15) is 13.2 Å². The van der Waals surface area contributed by atoms with Crippen LogP contribution in [0, 0.1) is 29.1 Å². The molecule has 18 heteroatoms. The van der Waals surface area contributed by atoms with Crippen molar-refractivity contribution in [2.45, 2.75) is 111 Å². The second-order valence-corrected chi connectivity index (χ2v) is 20.8. The Morgan fingerprint density at radius 2 is 1.77 bits per heavy atom. The minimum Gasteiger partial charge on any atom is -0.464 e. The number of aromatic nitrogens is 2. The molecule has 0 spiro atoms. The lowest BCUT2D eigenvalue weighted by Gasteiger charge is -2.39. The van der Waals surface area contributed by atoms with Gasteiger partial charge < -0.3 is 23.7 Å². The van der Waals surface area contributed by atoms with Crippen LogP contribution in [0.15, 0.2) is 60.8 Å². The second kappa shape index (κ2) is 21.4. The number of rotatable bonds is 11. The summed E-state index contributed by atoms with van der Waals surface area (Å²) in [5.41, 5.74) is 9.05. The molecule has 3 aliphatic heterocycles. The summed E-state index contributed by atoms with van der Waals surface area (Å²) in [6.45, 7) is 12.7. The van der Waals surface area contributed by atoms with Crippen molar-refractivity contribution in [3.05, 3.63) is 77.6 Å². The fourth-order valence-electron chi connectivity index (χ4n) is 8.94. The van der Waals surface area contributed by atoms with E-state index in [-0.39, 0.29) is 50.7 Å². The molecule has 2 aromatic heterocycles. The third kappa shape index (κ3) is 12.4. The van der Waals surface area contributed by atoms with Crippen molar-refractivity contribution in [2.24, 2.45) is 17.3 Å². The summed E-state index contributed by atoms with van der Waals surface area (Å²) in [7, 11) is 5.31. The van der Waals surface area contributed by atoms with Gasteiger partial charge in [-0.05, 0) is 119 Å². The number of benzene rings is 2. The van der Waals surface area contributed by atoms with E-state index >= 15 is 0 Å². The standard InChI is InChI=1S/C53H67F3N8O7/c1-33(2)42(30-70-38-28-61(29-38)45(65)20-21-52(6,7)60(8)9)48(66)59-64-27-35-14-11-15-36(24-35)37-18-19-44-40(25-37)41(26-51(4,5)32-71-49(67)43-17-13-23-63(58-43)50(64)68)47(62(44)31-53(54,55)56)39-16-12-22-57-46(39)34(3)69-10/h11-12,14-16,18-19,22,24-25,33-34,38,42-43,58H,13,17,23,26-32H2,1-10H3,(H,59,66)/t34?,42-,43-/m0/s1. The minimum atomic E-state index is -4.58. The SMILES string of the molecule is COC(C)c1ncccc1-c1c2c3cc(ccc3n1CC(F)(F)F)-c1cccc(c1)CN(NC(=O)[C@@H](COC1CN(C(=O)C#CC(C)(C)N(C)C)C1)C(C)C)C(=O)N1CCC[C@H](N1)C(=O)OCC(C)(C)C2. The molecule has 4 aromatic rings. The predicted molar refractivity (Wildman–Crippen MR) is 263 cm³/mol. The van der Waals surface area contributed by atoms with Gasteiger partial charge in [-0.1, -0.05) is 57.9 Å². The van der Waals surface area contributed by atoms with E-state index in [2.05, 4.69) is 27.7 Å². The Bertz CT molecular complexity index is 2680. The van der Waals surface area contributed by atoms with Crippen molar-refractivity contribution >= 4 is 34.7 Å². The van der Waals surface area contributed by atoms with E-state index in [1.165, 1.54) is 21.7 Å². The molecule has 382 valence electrons. The first-order chi connectivity index (χ1) is 33.4. The van der Waals surface area contributed by atoms with E-state index in [4.69, 9.17) is 14.2 Å². The van der Waals surface area contributed by atoms with E-state index in [1.54, 1.807) is 42.3 Å². The molecule has 3 atom stereocenters. The van der Waals surface area contributed by atoms with E-state index in [0.717, 1.165) is 5.56 Å². The fourth-order valence-corrected chi connectivity index (χ4v) is 8.94. The van der Waals surface area contributed by atoms with Gasteiger partial charge in [0.15, 0.2) is 0 Å². The molecule has 7 rings (SSSR count). The van der Waals surface area contributed by atoms with E-state index in [0.29, 0.717) is 70.5 Å². The highest BCUT2D eigenvalue weighted by Crippen LogP contribution is 2.43. The zero-order valence-electron chi connectivity index (χ0n) is 42.4. The number of likely N-dealkylation sites (tertiary alicyclic amines) is 1. The molecule has 0 aliphatic carbocycles. The number of cyclic esters (lactones) is 1. The third-order valence-corrected chi connectivity index (χ3v) is 13.8. The number of hydrogen-bond donors (Lipinski definition) is 2. The molecule has 1 unspecified atom stereocenters. The highest BCUT2D eigenvalue weighted by Gasteiger charge is 2.38. The molecule has 2 N–H and O–H groups in total. The van der Waals surface area contributed by atoms with Crippen LogP contribution in [0.5, 0.6) is 0 Å². The van der Waals surface area contributed by atoms with E-state index in [9.17, 15) is 32.3 Å². The first-order valence-corrected chi connectivity index (χ1v) is 24.2. The van der Waals surface area contributed by atoms with Gasteiger partial charge in [0.2, 0.25) is 5.91 Å². The number of pyridine rings is 1. The summed E-state index contributed by atoms with van der Waals surface area (Å²) >= 11 is 0. The summed E-state index contributed by atoms with van der Waals surface area (Å²) in [5.74, 6) is 3.51. The van der Waals surface area contributed by atoms with Crippen LogP contribution < -0.4 is 10.9 Å². The maximum atomic E-state index is 14.7. The van der Waals surface area contributed by atoms with Crippen LogP contribution in [0.3, 0.4) is 0 Å². The maximum absolute atomic E-state index is 14.7.